The van der Waals surface area contributed by atoms with Crippen molar-refractivity contribution in [3.63, 3.8) is 0 Å². The Balaban J connectivity index is 2.61. The fourth-order valence-corrected chi connectivity index (χ4v) is 0.642. The number of rotatable bonds is 4. The van der Waals surface area contributed by atoms with Crippen LogP contribution in [-0.2, 0) is 0 Å². The highest BCUT2D eigenvalue weighted by molar-refractivity contribution is 5.16. The van der Waals surface area contributed by atoms with Gasteiger partial charge in [0.25, 0.3) is 0 Å². The van der Waals surface area contributed by atoms with Gasteiger partial charge in [0.2, 0.25) is 5.82 Å². The van der Waals surface area contributed by atoms with Crippen LogP contribution in [0.2, 0.25) is 0 Å². The van der Waals surface area contributed by atoms with Crippen LogP contribution < -0.4 is 0 Å². The number of aromatic nitrogens is 3. The molecule has 0 bridgehead atoms. The molecule has 13 heavy (non-hydrogen) atoms. The van der Waals surface area contributed by atoms with Gasteiger partial charge in [-0.3, -0.25) is 10.1 Å². The minimum atomic E-state index is -1.00. The summed E-state index contributed by atoms with van der Waals surface area (Å²) in [4.78, 5) is 9.80. The van der Waals surface area contributed by atoms with E-state index in [4.69, 9.17) is 0 Å². The molecule has 0 saturated heterocycles. The van der Waals surface area contributed by atoms with Crippen molar-refractivity contribution in [3.8, 4) is 0 Å². The van der Waals surface area contributed by atoms with Crippen molar-refractivity contribution >= 4 is 5.82 Å². The maximum Gasteiger partial charge on any atom is 0.320 e. The molecule has 0 amide bonds. The summed E-state index contributed by atoms with van der Waals surface area (Å²) >= 11 is 0. The number of nitro groups is 1. The fourth-order valence-electron chi connectivity index (χ4n) is 0.642. The molecule has 1 N–H and O–H groups in total. The molecule has 0 spiro atoms. The highest BCUT2D eigenvalue weighted by atomic mass is 16.6. The van der Waals surface area contributed by atoms with Crippen molar-refractivity contribution in [1.82, 2.24) is 15.4 Å². The second kappa shape index (κ2) is 4.24. The van der Waals surface area contributed by atoms with Crippen LogP contribution in [-0.4, -0.2) is 26.5 Å². The van der Waals surface area contributed by atoms with Crippen LogP contribution in [0.1, 0.15) is 13.3 Å². The van der Waals surface area contributed by atoms with Crippen molar-refractivity contribution in [2.45, 2.75) is 19.5 Å². The maximum atomic E-state index is 10.3. The molecule has 1 rings (SSSR count). The number of hydrogen-bond donors (Lipinski definition) is 1. The van der Waals surface area contributed by atoms with Crippen LogP contribution in [0.3, 0.4) is 0 Å². The summed E-state index contributed by atoms with van der Waals surface area (Å²) in [7, 11) is 0. The molecule has 1 unspecified atom stereocenters. The summed E-state index contributed by atoms with van der Waals surface area (Å²) in [6.07, 6.45) is 0.626. The lowest BCUT2D eigenvalue weighted by Gasteiger charge is -1.96. The third-order valence-corrected chi connectivity index (χ3v) is 1.30. The number of aromatic amines is 1. The van der Waals surface area contributed by atoms with Gasteiger partial charge >= 0.3 is 6.17 Å². The first-order chi connectivity index (χ1) is 6.24. The predicted octanol–water partition coefficient (Wildman–Crippen LogP) is 0.901. The SMILES string of the molecule is CCC(N=Nc1cn[nH]n1)[N+](=O)[O-]. The van der Waals surface area contributed by atoms with Crippen LogP contribution in [0.5, 0.6) is 0 Å². The van der Waals surface area contributed by atoms with Crippen LogP contribution in [0, 0.1) is 10.1 Å². The van der Waals surface area contributed by atoms with Gasteiger partial charge in [-0.05, 0) is 0 Å². The van der Waals surface area contributed by atoms with E-state index in [1.807, 2.05) is 0 Å². The Morgan fingerprint density at radius 3 is 3.08 bits per heavy atom. The zero-order valence-corrected chi connectivity index (χ0v) is 6.91. The summed E-state index contributed by atoms with van der Waals surface area (Å²) < 4.78 is 0. The zero-order valence-electron chi connectivity index (χ0n) is 6.91. The lowest BCUT2D eigenvalue weighted by molar-refractivity contribution is -0.521. The van der Waals surface area contributed by atoms with Crippen molar-refractivity contribution in [2.75, 3.05) is 0 Å². The van der Waals surface area contributed by atoms with Gasteiger partial charge in [-0.2, -0.15) is 10.3 Å². The molecule has 0 aromatic carbocycles. The Labute approximate surface area is 73.2 Å². The van der Waals surface area contributed by atoms with Gasteiger partial charge < -0.3 is 0 Å². The van der Waals surface area contributed by atoms with Gasteiger partial charge in [0.05, 0.1) is 6.20 Å². The van der Waals surface area contributed by atoms with Gasteiger partial charge in [-0.1, -0.05) is 6.92 Å². The Kier molecular flexibility index (Phi) is 3.01. The number of azo groups is 1. The molecular formula is C5H8N6O2. The first-order valence-corrected chi connectivity index (χ1v) is 3.64. The van der Waals surface area contributed by atoms with E-state index in [1.165, 1.54) is 6.20 Å². The molecule has 1 aromatic heterocycles. The number of nitrogens with zero attached hydrogens (tertiary/aromatic N) is 5. The summed E-state index contributed by atoms with van der Waals surface area (Å²) in [5.41, 5.74) is 0. The van der Waals surface area contributed by atoms with Crippen molar-refractivity contribution < 1.29 is 4.92 Å². The number of hydrogen-bond acceptors (Lipinski definition) is 6. The van der Waals surface area contributed by atoms with Crippen LogP contribution in [0.4, 0.5) is 5.82 Å². The lowest BCUT2D eigenvalue weighted by atomic mass is 10.4. The molecular weight excluding hydrogens is 176 g/mol. The van der Waals surface area contributed by atoms with E-state index >= 15 is 0 Å². The van der Waals surface area contributed by atoms with Gasteiger partial charge in [-0.15, -0.1) is 15.3 Å². The van der Waals surface area contributed by atoms with Gasteiger partial charge in [0, 0.05) is 11.3 Å². The molecule has 0 radical (unpaired) electrons. The normalized spacial score (nSPS) is 13.3. The molecule has 0 aliphatic heterocycles. The van der Waals surface area contributed by atoms with E-state index in [2.05, 4.69) is 25.6 Å². The first kappa shape index (κ1) is 9.23. The second-order valence-electron chi connectivity index (χ2n) is 2.22. The third kappa shape index (κ3) is 2.58. The number of H-pyrrole nitrogens is 1. The van der Waals surface area contributed by atoms with Crippen LogP contribution in [0.15, 0.2) is 16.4 Å². The summed E-state index contributed by atoms with van der Waals surface area (Å²) in [6.45, 7) is 1.66. The first-order valence-electron chi connectivity index (χ1n) is 3.64. The highest BCUT2D eigenvalue weighted by Crippen LogP contribution is 2.06. The molecule has 8 nitrogen and oxygen atoms in total. The number of nitrogens with one attached hydrogen (secondary N) is 1. The fraction of sp³-hybridized carbons (Fsp3) is 0.600. The molecule has 1 aromatic rings. The quantitative estimate of drug-likeness (QED) is 0.425. The molecule has 8 heteroatoms. The smallest absolute Gasteiger partial charge is 0.262 e. The van der Waals surface area contributed by atoms with Crippen molar-refractivity contribution in [3.05, 3.63) is 16.3 Å². The van der Waals surface area contributed by atoms with E-state index in [-0.39, 0.29) is 5.82 Å². The van der Waals surface area contributed by atoms with Gasteiger partial charge in [0.1, 0.15) is 0 Å². The Hall–Kier alpha value is -1.86. The van der Waals surface area contributed by atoms with E-state index in [0.717, 1.165) is 0 Å². The summed E-state index contributed by atoms with van der Waals surface area (Å²) in [5.74, 6) is 0.236. The molecule has 0 aliphatic rings. The lowest BCUT2D eigenvalue weighted by Crippen LogP contribution is -2.14. The van der Waals surface area contributed by atoms with Gasteiger partial charge in [-0.25, -0.2) is 0 Å². The van der Waals surface area contributed by atoms with Crippen LogP contribution >= 0.6 is 0 Å². The molecule has 0 fully saturated rings. The third-order valence-electron chi connectivity index (χ3n) is 1.30. The van der Waals surface area contributed by atoms with E-state index in [0.29, 0.717) is 6.42 Å². The standard InChI is InChI=1S/C5H8N6O2/c1-2-5(11(12)13)9-7-4-3-6-10-8-4/h3,5H,2H2,1H3,(H,6,8,10). The maximum absolute atomic E-state index is 10.3. The van der Waals surface area contributed by atoms with Crippen molar-refractivity contribution in [1.29, 1.82) is 0 Å². The summed E-state index contributed by atoms with van der Waals surface area (Å²) in [6, 6.07) is 0. The topological polar surface area (TPSA) is 109 Å². The molecule has 0 saturated carbocycles. The van der Waals surface area contributed by atoms with E-state index < -0.39 is 11.1 Å². The average Bonchev–Trinajstić information content (AvgIpc) is 2.57. The molecule has 1 heterocycles. The average molecular weight is 184 g/mol. The highest BCUT2D eigenvalue weighted by Gasteiger charge is 2.14. The van der Waals surface area contributed by atoms with Crippen LogP contribution in [0.25, 0.3) is 0 Å². The monoisotopic (exact) mass is 184 g/mol. The second-order valence-corrected chi connectivity index (χ2v) is 2.22. The predicted molar refractivity (Wildman–Crippen MR) is 42.0 cm³/mol. The molecule has 70 valence electrons. The Bertz CT molecular complexity index is 294. The van der Waals surface area contributed by atoms with Gasteiger partial charge in [0.15, 0.2) is 0 Å². The van der Waals surface area contributed by atoms with E-state index in [9.17, 15) is 10.1 Å². The minimum absolute atomic E-state index is 0.236. The Morgan fingerprint density at radius 1 is 1.85 bits per heavy atom. The Morgan fingerprint density at radius 2 is 2.62 bits per heavy atom. The zero-order chi connectivity index (χ0) is 9.68. The van der Waals surface area contributed by atoms with E-state index in [1.54, 1.807) is 6.92 Å². The van der Waals surface area contributed by atoms with Crippen molar-refractivity contribution in [2.24, 2.45) is 10.2 Å². The molecule has 0 aliphatic carbocycles. The minimum Gasteiger partial charge on any atom is -0.262 e. The largest absolute Gasteiger partial charge is 0.320 e. The summed E-state index contributed by atoms with van der Waals surface area (Å²) in [5, 5.41) is 26.7. The molecule has 1 atom stereocenters.